The number of hydrogen-bond donors (Lipinski definition) is 1. The fraction of sp³-hybridized carbons (Fsp3) is 0.150. The maximum atomic E-state index is 12.8. The van der Waals surface area contributed by atoms with Gasteiger partial charge in [-0.2, -0.15) is 5.10 Å². The highest BCUT2D eigenvalue weighted by Crippen LogP contribution is 2.29. The van der Waals surface area contributed by atoms with Crippen LogP contribution < -0.4 is 5.32 Å². The van der Waals surface area contributed by atoms with Gasteiger partial charge in [0.1, 0.15) is 5.82 Å². The van der Waals surface area contributed by atoms with Gasteiger partial charge < -0.3 is 10.1 Å². The largest absolute Gasteiger partial charge is 0.448 e. The molecule has 7 heteroatoms. The van der Waals surface area contributed by atoms with Gasteiger partial charge in [-0.15, -0.1) is 11.8 Å². The van der Waals surface area contributed by atoms with Crippen molar-refractivity contribution in [1.29, 1.82) is 0 Å². The van der Waals surface area contributed by atoms with E-state index in [0.717, 1.165) is 16.1 Å². The number of thioether (sulfide) groups is 1. The molecule has 2 heterocycles. The normalized spacial score (nSPS) is 15.7. The smallest absolute Gasteiger partial charge is 0.339 e. The van der Waals surface area contributed by atoms with Gasteiger partial charge in [0.2, 0.25) is 0 Å². The van der Waals surface area contributed by atoms with E-state index >= 15 is 0 Å². The van der Waals surface area contributed by atoms with E-state index in [9.17, 15) is 9.59 Å². The number of para-hydroxylation sites is 1. The molecule has 1 N–H and O–H groups in total. The Kier molecular flexibility index (Phi) is 4.68. The summed E-state index contributed by atoms with van der Waals surface area (Å²) in [5, 5.41) is 7.27. The van der Waals surface area contributed by atoms with Crippen molar-refractivity contribution in [2.24, 2.45) is 0 Å². The zero-order chi connectivity index (χ0) is 18.8. The fourth-order valence-electron chi connectivity index (χ4n) is 3.04. The van der Waals surface area contributed by atoms with E-state index in [0.29, 0.717) is 17.8 Å². The molecule has 1 atom stereocenters. The van der Waals surface area contributed by atoms with Crippen molar-refractivity contribution in [1.82, 2.24) is 9.78 Å². The Morgan fingerprint density at radius 3 is 2.70 bits per heavy atom. The molecule has 1 amide bonds. The maximum absolute atomic E-state index is 12.8. The lowest BCUT2D eigenvalue weighted by Crippen LogP contribution is -2.38. The second kappa shape index (κ2) is 7.28. The van der Waals surface area contributed by atoms with Crippen molar-refractivity contribution < 1.29 is 14.3 Å². The van der Waals surface area contributed by atoms with Gasteiger partial charge in [0.15, 0.2) is 6.10 Å². The Morgan fingerprint density at radius 2 is 1.93 bits per heavy atom. The predicted molar refractivity (Wildman–Crippen MR) is 103 cm³/mol. The highest BCUT2D eigenvalue weighted by atomic mass is 32.2. The number of hydrogen-bond acceptors (Lipinski definition) is 5. The summed E-state index contributed by atoms with van der Waals surface area (Å²) in [5.74, 6) is -0.280. The number of amides is 1. The van der Waals surface area contributed by atoms with Crippen molar-refractivity contribution in [3.05, 3.63) is 71.9 Å². The molecule has 1 aliphatic rings. The average Bonchev–Trinajstić information content (AvgIpc) is 3.11. The second-order valence-corrected chi connectivity index (χ2v) is 6.90. The first-order chi connectivity index (χ1) is 13.2. The van der Waals surface area contributed by atoms with Gasteiger partial charge >= 0.3 is 5.97 Å². The monoisotopic (exact) mass is 379 g/mol. The number of nitrogens with zero attached hydrogens (tertiary/aromatic N) is 2. The van der Waals surface area contributed by atoms with Gasteiger partial charge in [-0.05, 0) is 30.0 Å². The molecule has 1 aromatic heterocycles. The van der Waals surface area contributed by atoms with Crippen LogP contribution in [0.3, 0.4) is 0 Å². The fourth-order valence-corrected chi connectivity index (χ4v) is 3.52. The molecule has 136 valence electrons. The number of ether oxygens (including phenoxy) is 1. The average molecular weight is 379 g/mol. The summed E-state index contributed by atoms with van der Waals surface area (Å²) in [6.45, 7) is 0. The number of benzene rings is 2. The van der Waals surface area contributed by atoms with Gasteiger partial charge in [-0.25, -0.2) is 9.48 Å². The number of fused-ring (bicyclic) bond motifs is 1. The van der Waals surface area contributed by atoms with Crippen LogP contribution in [-0.2, 0) is 16.0 Å². The Bertz CT molecular complexity index is 1000. The molecular formula is C20H17N3O3S. The van der Waals surface area contributed by atoms with Crippen LogP contribution in [-0.4, -0.2) is 34.0 Å². The van der Waals surface area contributed by atoms with Crippen LogP contribution in [0, 0.1) is 0 Å². The maximum Gasteiger partial charge on any atom is 0.339 e. The third-order valence-corrected chi connectivity index (χ3v) is 5.12. The van der Waals surface area contributed by atoms with Crippen LogP contribution in [0.4, 0.5) is 5.82 Å². The first kappa shape index (κ1) is 17.4. The number of nitrogens with one attached hydrogen (secondary N) is 1. The number of esters is 1. The lowest BCUT2D eigenvalue weighted by Gasteiger charge is -2.24. The molecule has 1 unspecified atom stereocenters. The number of anilines is 1. The van der Waals surface area contributed by atoms with E-state index in [1.807, 2.05) is 48.7 Å². The highest BCUT2D eigenvalue weighted by molar-refractivity contribution is 7.98. The molecule has 4 rings (SSSR count). The number of aromatic nitrogens is 2. The summed E-state index contributed by atoms with van der Waals surface area (Å²) in [4.78, 5) is 25.9. The topological polar surface area (TPSA) is 73.2 Å². The van der Waals surface area contributed by atoms with Crippen molar-refractivity contribution >= 4 is 29.5 Å². The first-order valence-corrected chi connectivity index (χ1v) is 9.67. The SMILES string of the molecule is CSc1cnn(-c2ccccc2)c1NC(=O)C1Cc2ccccc2C(=O)O1. The number of cyclic esters (lactones) is 1. The third-order valence-electron chi connectivity index (χ3n) is 4.38. The summed E-state index contributed by atoms with van der Waals surface area (Å²) < 4.78 is 7.02. The van der Waals surface area contributed by atoms with E-state index in [2.05, 4.69) is 10.4 Å². The van der Waals surface area contributed by atoms with E-state index in [4.69, 9.17) is 4.74 Å². The van der Waals surface area contributed by atoms with Crippen LogP contribution >= 0.6 is 11.8 Å². The predicted octanol–water partition coefficient (Wildman–Crippen LogP) is 3.31. The van der Waals surface area contributed by atoms with E-state index in [-0.39, 0.29) is 5.91 Å². The zero-order valence-electron chi connectivity index (χ0n) is 14.6. The van der Waals surface area contributed by atoms with Crippen molar-refractivity contribution in [3.8, 4) is 5.69 Å². The molecule has 0 radical (unpaired) electrons. The minimum absolute atomic E-state index is 0.349. The summed E-state index contributed by atoms with van der Waals surface area (Å²) in [6, 6.07) is 16.7. The third kappa shape index (κ3) is 3.33. The van der Waals surface area contributed by atoms with Crippen LogP contribution in [0.5, 0.6) is 0 Å². The quantitative estimate of drug-likeness (QED) is 0.556. The molecule has 1 aliphatic heterocycles. The van der Waals surface area contributed by atoms with Crippen molar-refractivity contribution in [2.45, 2.75) is 17.4 Å². The zero-order valence-corrected chi connectivity index (χ0v) is 15.4. The molecule has 0 saturated carbocycles. The number of carbonyl (C=O) groups is 2. The molecule has 0 spiro atoms. The molecule has 0 fully saturated rings. The molecule has 0 bridgehead atoms. The molecule has 2 aromatic carbocycles. The number of carbonyl (C=O) groups excluding carboxylic acids is 2. The second-order valence-electron chi connectivity index (χ2n) is 6.05. The van der Waals surface area contributed by atoms with Crippen LogP contribution in [0.2, 0.25) is 0 Å². The summed E-state index contributed by atoms with van der Waals surface area (Å²) in [7, 11) is 0. The highest BCUT2D eigenvalue weighted by Gasteiger charge is 2.32. The van der Waals surface area contributed by atoms with Gasteiger partial charge in [0.05, 0.1) is 22.3 Å². The molecule has 6 nitrogen and oxygen atoms in total. The lowest BCUT2D eigenvalue weighted by molar-refractivity contribution is -0.125. The lowest BCUT2D eigenvalue weighted by atomic mass is 9.98. The standard InChI is InChI=1S/C20H17N3O3S/c1-27-17-12-21-23(14-8-3-2-4-9-14)18(17)22-19(24)16-11-13-7-5-6-10-15(13)20(25)26-16/h2-10,12,16H,11H2,1H3,(H,22,24). The van der Waals surface area contributed by atoms with E-state index < -0.39 is 12.1 Å². The minimum atomic E-state index is -0.874. The van der Waals surface area contributed by atoms with Gasteiger partial charge in [0, 0.05) is 6.42 Å². The number of rotatable bonds is 4. The van der Waals surface area contributed by atoms with Crippen LogP contribution in [0.1, 0.15) is 15.9 Å². The van der Waals surface area contributed by atoms with Gasteiger partial charge in [0.25, 0.3) is 5.91 Å². The van der Waals surface area contributed by atoms with Gasteiger partial charge in [-0.3, -0.25) is 4.79 Å². The molecule has 0 aliphatic carbocycles. The Balaban J connectivity index is 1.61. The summed E-state index contributed by atoms with van der Waals surface area (Å²) in [5.41, 5.74) is 2.16. The minimum Gasteiger partial charge on any atom is -0.448 e. The first-order valence-electron chi connectivity index (χ1n) is 8.44. The molecule has 27 heavy (non-hydrogen) atoms. The molecule has 3 aromatic rings. The molecule has 0 saturated heterocycles. The summed E-state index contributed by atoms with van der Waals surface area (Å²) in [6.07, 6.45) is 3.09. The van der Waals surface area contributed by atoms with E-state index in [1.165, 1.54) is 11.8 Å². The van der Waals surface area contributed by atoms with Crippen molar-refractivity contribution in [2.75, 3.05) is 11.6 Å². The summed E-state index contributed by atoms with van der Waals surface area (Å²) >= 11 is 1.48. The van der Waals surface area contributed by atoms with Crippen LogP contribution in [0.25, 0.3) is 5.69 Å². The van der Waals surface area contributed by atoms with Gasteiger partial charge in [-0.1, -0.05) is 36.4 Å². The Morgan fingerprint density at radius 1 is 1.19 bits per heavy atom. The van der Waals surface area contributed by atoms with Crippen LogP contribution in [0.15, 0.2) is 65.7 Å². The Hall–Kier alpha value is -3.06. The van der Waals surface area contributed by atoms with Crippen molar-refractivity contribution in [3.63, 3.8) is 0 Å². The molecular weight excluding hydrogens is 362 g/mol. The van der Waals surface area contributed by atoms with E-state index in [1.54, 1.807) is 23.0 Å². The Labute approximate surface area is 160 Å².